The third-order valence-corrected chi connectivity index (χ3v) is 4.85. The van der Waals surface area contributed by atoms with Crippen molar-refractivity contribution in [1.29, 1.82) is 0 Å². The highest BCUT2D eigenvalue weighted by molar-refractivity contribution is 7.91. The predicted octanol–water partition coefficient (Wildman–Crippen LogP) is -0.378. The van der Waals surface area contributed by atoms with Crippen molar-refractivity contribution in [2.45, 2.75) is 17.0 Å². The molecule has 2 atom stereocenters. The van der Waals surface area contributed by atoms with Gasteiger partial charge in [-0.25, -0.2) is 21.2 Å². The Hall–Kier alpha value is -1.52. The average Bonchev–Trinajstić information content (AvgIpc) is 2.41. The zero-order valence-electron chi connectivity index (χ0n) is 12.6. The van der Waals surface area contributed by atoms with Crippen molar-refractivity contribution >= 4 is 25.6 Å². The number of benzene rings is 1. The first-order valence-corrected chi connectivity index (χ1v) is 10.4. The van der Waals surface area contributed by atoms with E-state index in [2.05, 4.69) is 5.32 Å². The van der Waals surface area contributed by atoms with Gasteiger partial charge in [0.2, 0.25) is 5.91 Å². The number of rotatable bonds is 7. The molecule has 0 bridgehead atoms. The fourth-order valence-electron chi connectivity index (χ4n) is 1.83. The van der Waals surface area contributed by atoms with Gasteiger partial charge in [-0.1, -0.05) is 12.1 Å². The molecule has 0 saturated heterocycles. The van der Waals surface area contributed by atoms with Gasteiger partial charge in [-0.15, -0.1) is 0 Å². The minimum atomic E-state index is -3.57. The Kier molecular flexibility index (Phi) is 6.25. The second-order valence-corrected chi connectivity index (χ2v) is 9.34. The lowest BCUT2D eigenvalue weighted by Gasteiger charge is -2.22. The number of hydrogen-bond acceptors (Lipinski definition) is 6. The maximum absolute atomic E-state index is 13.0. The van der Waals surface area contributed by atoms with Crippen molar-refractivity contribution < 1.29 is 31.1 Å². The molecule has 0 fully saturated rings. The van der Waals surface area contributed by atoms with Gasteiger partial charge in [-0.2, -0.15) is 0 Å². The first-order chi connectivity index (χ1) is 10.4. The van der Waals surface area contributed by atoms with Crippen molar-refractivity contribution in [2.75, 3.05) is 24.9 Å². The van der Waals surface area contributed by atoms with E-state index in [9.17, 15) is 31.1 Å². The van der Waals surface area contributed by atoms with E-state index in [1.165, 1.54) is 24.3 Å². The number of aliphatic hydroxyl groups is 1. The van der Waals surface area contributed by atoms with Gasteiger partial charge in [0.15, 0.2) is 19.7 Å². The molecule has 2 N–H and O–H groups in total. The van der Waals surface area contributed by atoms with Crippen LogP contribution in [-0.2, 0) is 24.5 Å². The number of carbonyl (C=O) groups is 1. The van der Waals surface area contributed by atoms with Gasteiger partial charge in [0.05, 0.1) is 10.9 Å². The fourth-order valence-corrected chi connectivity index (χ4v) is 3.02. The van der Waals surface area contributed by atoms with Crippen LogP contribution in [0.2, 0.25) is 0 Å². The number of sulfone groups is 2. The number of halogens is 1. The van der Waals surface area contributed by atoms with E-state index in [4.69, 9.17) is 0 Å². The molecule has 0 aliphatic carbocycles. The number of aliphatic hydroxyl groups excluding tert-OH is 1. The fraction of sp³-hybridized carbons (Fsp3) is 0.462. The molecule has 0 saturated carbocycles. The molecule has 0 aliphatic rings. The maximum atomic E-state index is 13.0. The number of nitrogens with one attached hydrogen (secondary N) is 1. The van der Waals surface area contributed by atoms with Crippen LogP contribution in [0.1, 0.15) is 11.7 Å². The smallest absolute Gasteiger partial charge is 0.235 e. The van der Waals surface area contributed by atoms with Crippen LogP contribution < -0.4 is 5.32 Å². The molecule has 0 radical (unpaired) electrons. The molecule has 0 aromatic heterocycles. The van der Waals surface area contributed by atoms with Crippen LogP contribution in [0.4, 0.5) is 4.39 Å². The molecule has 1 amide bonds. The van der Waals surface area contributed by atoms with Gasteiger partial charge in [-0.3, -0.25) is 4.79 Å². The molecular weight excluding hydrogens is 349 g/mol. The van der Waals surface area contributed by atoms with Crippen molar-refractivity contribution in [3.05, 3.63) is 29.8 Å². The lowest BCUT2D eigenvalue weighted by atomic mass is 10.0. The Labute approximate surface area is 134 Å². The SMILES string of the molecule is CS(=O)(=O)CC(=O)N[C@H](CF)[C@H](O)c1ccc(S(C)(=O)=O)cc1. The molecule has 1 aromatic rings. The van der Waals surface area contributed by atoms with E-state index in [0.717, 1.165) is 12.5 Å². The third kappa shape index (κ3) is 6.24. The van der Waals surface area contributed by atoms with Crippen LogP contribution in [0, 0.1) is 0 Å². The summed E-state index contributed by atoms with van der Waals surface area (Å²) >= 11 is 0. The normalized spacial score (nSPS) is 15.0. The Bertz CT molecular complexity index is 758. The summed E-state index contributed by atoms with van der Waals surface area (Å²) < 4.78 is 57.7. The summed E-state index contributed by atoms with van der Waals surface area (Å²) in [6.45, 7) is -1.12. The Morgan fingerprint density at radius 2 is 1.70 bits per heavy atom. The lowest BCUT2D eigenvalue weighted by Crippen LogP contribution is -2.43. The summed E-state index contributed by atoms with van der Waals surface area (Å²) in [5.41, 5.74) is 0.194. The largest absolute Gasteiger partial charge is 0.386 e. The van der Waals surface area contributed by atoms with E-state index in [-0.39, 0.29) is 10.5 Å². The monoisotopic (exact) mass is 367 g/mol. The summed E-state index contributed by atoms with van der Waals surface area (Å²) in [4.78, 5) is 11.5. The Morgan fingerprint density at radius 3 is 2.09 bits per heavy atom. The highest BCUT2D eigenvalue weighted by atomic mass is 32.2. The summed E-state index contributed by atoms with van der Waals surface area (Å²) in [5, 5.41) is 12.2. The van der Waals surface area contributed by atoms with Crippen LogP contribution in [0.3, 0.4) is 0 Å². The predicted molar refractivity (Wildman–Crippen MR) is 82.1 cm³/mol. The van der Waals surface area contributed by atoms with Gasteiger partial charge in [0, 0.05) is 12.5 Å². The van der Waals surface area contributed by atoms with E-state index in [1.54, 1.807) is 0 Å². The zero-order valence-corrected chi connectivity index (χ0v) is 14.2. The highest BCUT2D eigenvalue weighted by Crippen LogP contribution is 2.20. The minimum absolute atomic E-state index is 0.0337. The van der Waals surface area contributed by atoms with Crippen molar-refractivity contribution in [1.82, 2.24) is 5.32 Å². The summed E-state index contributed by atoms with van der Waals surface area (Å²) in [5.74, 6) is -1.74. The molecule has 10 heteroatoms. The summed E-state index contributed by atoms with van der Waals surface area (Å²) in [6, 6.07) is 3.76. The molecular formula is C13H18FNO6S2. The molecule has 130 valence electrons. The quantitative estimate of drug-likeness (QED) is 0.678. The maximum Gasteiger partial charge on any atom is 0.235 e. The van der Waals surface area contributed by atoms with Crippen LogP contribution in [0.5, 0.6) is 0 Å². The van der Waals surface area contributed by atoms with E-state index < -0.39 is 50.2 Å². The van der Waals surface area contributed by atoms with Gasteiger partial charge in [-0.05, 0) is 17.7 Å². The molecule has 23 heavy (non-hydrogen) atoms. The van der Waals surface area contributed by atoms with Gasteiger partial charge in [0.25, 0.3) is 0 Å². The van der Waals surface area contributed by atoms with Crippen LogP contribution >= 0.6 is 0 Å². The number of amides is 1. The molecule has 1 rings (SSSR count). The minimum Gasteiger partial charge on any atom is -0.386 e. The first kappa shape index (κ1) is 19.5. The Balaban J connectivity index is 2.88. The van der Waals surface area contributed by atoms with Crippen molar-refractivity contribution in [3.8, 4) is 0 Å². The van der Waals surface area contributed by atoms with Crippen LogP contribution in [0.25, 0.3) is 0 Å². The van der Waals surface area contributed by atoms with Crippen LogP contribution in [-0.4, -0.2) is 58.8 Å². The molecule has 1 aromatic carbocycles. The molecule has 0 aliphatic heterocycles. The number of hydrogen-bond donors (Lipinski definition) is 2. The first-order valence-electron chi connectivity index (χ1n) is 6.45. The van der Waals surface area contributed by atoms with Gasteiger partial charge >= 0.3 is 0 Å². The van der Waals surface area contributed by atoms with E-state index in [0.29, 0.717) is 0 Å². The molecule has 0 unspecified atom stereocenters. The molecule has 0 heterocycles. The zero-order chi connectivity index (χ0) is 17.8. The molecule has 7 nitrogen and oxygen atoms in total. The number of carbonyl (C=O) groups excluding carboxylic acids is 1. The Morgan fingerprint density at radius 1 is 1.17 bits per heavy atom. The van der Waals surface area contributed by atoms with E-state index in [1.807, 2.05) is 0 Å². The van der Waals surface area contributed by atoms with Crippen molar-refractivity contribution in [2.24, 2.45) is 0 Å². The highest BCUT2D eigenvalue weighted by Gasteiger charge is 2.24. The summed E-state index contributed by atoms with van der Waals surface area (Å²) in [6.07, 6.45) is 0.433. The topological polar surface area (TPSA) is 118 Å². The summed E-state index contributed by atoms with van der Waals surface area (Å²) in [7, 11) is -6.97. The van der Waals surface area contributed by atoms with Crippen LogP contribution in [0.15, 0.2) is 29.2 Å². The van der Waals surface area contributed by atoms with Crippen molar-refractivity contribution in [3.63, 3.8) is 0 Å². The standard InChI is InChI=1S/C13H18FNO6S2/c1-22(18,19)8-12(16)15-11(7-14)13(17)9-3-5-10(6-4-9)23(2,20)21/h3-6,11,13,17H,7-8H2,1-2H3,(H,15,16)/t11-,13-/m1/s1. The molecule has 0 spiro atoms. The second-order valence-electron chi connectivity index (χ2n) is 5.18. The van der Waals surface area contributed by atoms with Gasteiger partial charge in [0.1, 0.15) is 18.5 Å². The second kappa shape index (κ2) is 7.37. The lowest BCUT2D eigenvalue weighted by molar-refractivity contribution is -0.120. The van der Waals surface area contributed by atoms with E-state index >= 15 is 0 Å². The third-order valence-electron chi connectivity index (χ3n) is 2.94. The van der Waals surface area contributed by atoms with Gasteiger partial charge < -0.3 is 10.4 Å². The average molecular weight is 367 g/mol. The number of alkyl halides is 1.